The normalized spacial score (nSPS) is 17.5. The topological polar surface area (TPSA) is 42.4 Å². The molecule has 126 valence electrons. The Hall–Kier alpha value is -2.36. The van der Waals surface area contributed by atoms with E-state index >= 15 is 0 Å². The minimum atomic E-state index is 0.217. The summed E-state index contributed by atoms with van der Waals surface area (Å²) >= 11 is 0. The molecule has 1 fully saturated rings. The Morgan fingerprint density at radius 1 is 1.29 bits per heavy atom. The van der Waals surface area contributed by atoms with Gasteiger partial charge >= 0.3 is 0 Å². The van der Waals surface area contributed by atoms with Gasteiger partial charge in [-0.15, -0.1) is 0 Å². The Labute approximate surface area is 143 Å². The minimum Gasteiger partial charge on any atom is -0.493 e. The first-order chi connectivity index (χ1) is 11.7. The van der Waals surface area contributed by atoms with Crippen LogP contribution in [0.3, 0.4) is 0 Å². The number of pyridine rings is 1. The van der Waals surface area contributed by atoms with Crippen molar-refractivity contribution < 1.29 is 9.53 Å². The van der Waals surface area contributed by atoms with Crippen LogP contribution in [-0.4, -0.2) is 35.5 Å². The van der Waals surface area contributed by atoms with Crippen molar-refractivity contribution in [2.45, 2.75) is 26.2 Å². The summed E-state index contributed by atoms with van der Waals surface area (Å²) in [6.07, 6.45) is 6.10. The molecule has 4 heteroatoms. The van der Waals surface area contributed by atoms with E-state index < -0.39 is 0 Å². The fraction of sp³-hybridized carbons (Fsp3) is 0.400. The monoisotopic (exact) mass is 324 g/mol. The molecule has 2 heterocycles. The molecule has 1 amide bonds. The van der Waals surface area contributed by atoms with E-state index in [1.165, 1.54) is 5.56 Å². The van der Waals surface area contributed by atoms with E-state index in [1.54, 1.807) is 12.4 Å². The van der Waals surface area contributed by atoms with Crippen LogP contribution in [0.2, 0.25) is 0 Å². The Balaban J connectivity index is 1.52. The SMILES string of the molecule is Cc1cccc(CC(=O)N2CCCC(COc3ccncc3)C2)c1. The number of likely N-dealkylation sites (tertiary alicyclic amines) is 1. The number of carbonyl (C=O) groups is 1. The summed E-state index contributed by atoms with van der Waals surface area (Å²) in [5.41, 5.74) is 2.29. The smallest absolute Gasteiger partial charge is 0.227 e. The molecule has 0 N–H and O–H groups in total. The number of amides is 1. The largest absolute Gasteiger partial charge is 0.493 e. The third-order valence-corrected chi connectivity index (χ3v) is 4.44. The molecule has 0 saturated carbocycles. The number of aromatic nitrogens is 1. The molecule has 2 aromatic rings. The first-order valence-corrected chi connectivity index (χ1v) is 8.57. The van der Waals surface area contributed by atoms with E-state index in [0.717, 1.165) is 37.2 Å². The van der Waals surface area contributed by atoms with E-state index in [2.05, 4.69) is 24.0 Å². The van der Waals surface area contributed by atoms with E-state index in [1.807, 2.05) is 29.2 Å². The molecule has 24 heavy (non-hydrogen) atoms. The number of hydrogen-bond donors (Lipinski definition) is 0. The first-order valence-electron chi connectivity index (χ1n) is 8.57. The van der Waals surface area contributed by atoms with Gasteiger partial charge in [0.05, 0.1) is 13.0 Å². The molecule has 1 saturated heterocycles. The lowest BCUT2D eigenvalue weighted by molar-refractivity contribution is -0.132. The third kappa shape index (κ3) is 4.57. The van der Waals surface area contributed by atoms with Gasteiger partial charge in [0.15, 0.2) is 0 Å². The van der Waals surface area contributed by atoms with Crippen LogP contribution in [0, 0.1) is 12.8 Å². The Morgan fingerprint density at radius 2 is 2.12 bits per heavy atom. The molecule has 1 aliphatic rings. The highest BCUT2D eigenvalue weighted by Crippen LogP contribution is 2.19. The summed E-state index contributed by atoms with van der Waals surface area (Å²) in [5.74, 6) is 1.45. The van der Waals surface area contributed by atoms with Gasteiger partial charge in [0.1, 0.15) is 5.75 Å². The van der Waals surface area contributed by atoms with Gasteiger partial charge in [-0.05, 0) is 37.5 Å². The second-order valence-electron chi connectivity index (χ2n) is 6.51. The van der Waals surface area contributed by atoms with E-state index in [9.17, 15) is 4.79 Å². The average Bonchev–Trinajstić information content (AvgIpc) is 2.61. The van der Waals surface area contributed by atoms with Gasteiger partial charge in [-0.2, -0.15) is 0 Å². The maximum absolute atomic E-state index is 12.6. The highest BCUT2D eigenvalue weighted by molar-refractivity contribution is 5.78. The zero-order valence-corrected chi connectivity index (χ0v) is 14.1. The van der Waals surface area contributed by atoms with Crippen LogP contribution in [0.1, 0.15) is 24.0 Å². The van der Waals surface area contributed by atoms with Crippen molar-refractivity contribution in [2.75, 3.05) is 19.7 Å². The summed E-state index contributed by atoms with van der Waals surface area (Å²) in [6.45, 7) is 4.35. The lowest BCUT2D eigenvalue weighted by atomic mass is 9.98. The van der Waals surface area contributed by atoms with Crippen molar-refractivity contribution in [3.05, 3.63) is 59.9 Å². The summed E-state index contributed by atoms with van der Waals surface area (Å²) in [6, 6.07) is 11.9. The van der Waals surface area contributed by atoms with Crippen LogP contribution in [0.4, 0.5) is 0 Å². The van der Waals surface area contributed by atoms with Gasteiger partial charge in [0.25, 0.3) is 0 Å². The molecule has 0 radical (unpaired) electrons. The number of ether oxygens (including phenoxy) is 1. The zero-order valence-electron chi connectivity index (χ0n) is 14.1. The van der Waals surface area contributed by atoms with Crippen LogP contribution in [-0.2, 0) is 11.2 Å². The minimum absolute atomic E-state index is 0.217. The van der Waals surface area contributed by atoms with E-state index in [-0.39, 0.29) is 5.91 Å². The Kier molecular flexibility index (Phi) is 5.47. The molecule has 4 nitrogen and oxygen atoms in total. The molecular weight excluding hydrogens is 300 g/mol. The standard InChI is InChI=1S/C20H24N2O2/c1-16-4-2-5-17(12-16)13-20(23)22-11-3-6-18(14-22)15-24-19-7-9-21-10-8-19/h2,4-5,7-10,12,18H,3,6,11,13-15H2,1H3. The average molecular weight is 324 g/mol. The van der Waals surface area contributed by atoms with Gasteiger partial charge < -0.3 is 9.64 Å². The summed E-state index contributed by atoms with van der Waals surface area (Å²) in [5, 5.41) is 0. The van der Waals surface area contributed by atoms with Crippen molar-refractivity contribution in [3.63, 3.8) is 0 Å². The summed E-state index contributed by atoms with van der Waals surface area (Å²) in [7, 11) is 0. The van der Waals surface area contributed by atoms with Crippen molar-refractivity contribution in [1.82, 2.24) is 9.88 Å². The molecule has 0 aliphatic carbocycles. The molecule has 1 unspecified atom stereocenters. The number of benzene rings is 1. The third-order valence-electron chi connectivity index (χ3n) is 4.44. The maximum atomic E-state index is 12.6. The lowest BCUT2D eigenvalue weighted by Crippen LogP contribution is -2.42. The van der Waals surface area contributed by atoms with Gasteiger partial charge in [-0.1, -0.05) is 29.8 Å². The molecule has 1 aliphatic heterocycles. The predicted octanol–water partition coefficient (Wildman–Crippen LogP) is 3.25. The zero-order chi connectivity index (χ0) is 16.8. The van der Waals surface area contributed by atoms with Crippen LogP contribution in [0.15, 0.2) is 48.8 Å². The fourth-order valence-corrected chi connectivity index (χ4v) is 3.18. The van der Waals surface area contributed by atoms with Crippen molar-refractivity contribution in [3.8, 4) is 5.75 Å². The highest BCUT2D eigenvalue weighted by atomic mass is 16.5. The number of hydrogen-bond acceptors (Lipinski definition) is 3. The summed E-state index contributed by atoms with van der Waals surface area (Å²) < 4.78 is 5.83. The number of rotatable bonds is 5. The van der Waals surface area contributed by atoms with Gasteiger partial charge in [0.2, 0.25) is 5.91 Å². The van der Waals surface area contributed by atoms with Gasteiger partial charge in [-0.3, -0.25) is 9.78 Å². The number of piperidine rings is 1. The Morgan fingerprint density at radius 3 is 2.92 bits per heavy atom. The quantitative estimate of drug-likeness (QED) is 0.848. The lowest BCUT2D eigenvalue weighted by Gasteiger charge is -2.32. The maximum Gasteiger partial charge on any atom is 0.227 e. The highest BCUT2D eigenvalue weighted by Gasteiger charge is 2.24. The molecule has 1 atom stereocenters. The number of nitrogens with zero attached hydrogens (tertiary/aromatic N) is 2. The van der Waals surface area contributed by atoms with Gasteiger partial charge in [-0.25, -0.2) is 0 Å². The molecule has 3 rings (SSSR count). The van der Waals surface area contributed by atoms with Crippen LogP contribution >= 0.6 is 0 Å². The van der Waals surface area contributed by atoms with Crippen LogP contribution in [0.5, 0.6) is 5.75 Å². The molecule has 1 aromatic heterocycles. The summed E-state index contributed by atoms with van der Waals surface area (Å²) in [4.78, 5) is 18.6. The van der Waals surface area contributed by atoms with Crippen molar-refractivity contribution >= 4 is 5.91 Å². The van der Waals surface area contributed by atoms with E-state index in [4.69, 9.17) is 4.74 Å². The number of aryl methyl sites for hydroxylation is 1. The molecule has 1 aromatic carbocycles. The second kappa shape index (κ2) is 7.95. The molecule has 0 spiro atoms. The molecule has 0 bridgehead atoms. The second-order valence-corrected chi connectivity index (χ2v) is 6.51. The van der Waals surface area contributed by atoms with Crippen molar-refractivity contribution in [2.24, 2.45) is 5.92 Å². The van der Waals surface area contributed by atoms with Crippen molar-refractivity contribution in [1.29, 1.82) is 0 Å². The first kappa shape index (κ1) is 16.5. The fourth-order valence-electron chi connectivity index (χ4n) is 3.18. The van der Waals surface area contributed by atoms with E-state index in [0.29, 0.717) is 18.9 Å². The number of carbonyl (C=O) groups excluding carboxylic acids is 1. The van der Waals surface area contributed by atoms with Crippen LogP contribution in [0.25, 0.3) is 0 Å². The Bertz CT molecular complexity index is 672. The molecular formula is C20H24N2O2. The van der Waals surface area contributed by atoms with Crippen LogP contribution < -0.4 is 4.74 Å². The predicted molar refractivity (Wildman–Crippen MR) is 93.9 cm³/mol. The van der Waals surface area contributed by atoms with Gasteiger partial charge in [0, 0.05) is 31.4 Å².